The fraction of sp³-hybridized carbons (Fsp3) is 0.200. The Hall–Kier alpha value is -1.87. The minimum absolute atomic E-state index is 0.0414. The molecule has 0 amide bonds. The second-order valence-corrected chi connectivity index (χ2v) is 4.67. The number of nitrogens with zero attached hydrogens (tertiary/aromatic N) is 2. The van der Waals surface area contributed by atoms with Gasteiger partial charge in [-0.25, -0.2) is 0 Å². The number of carbonyl (C=O) groups excluding carboxylic acids is 1. The van der Waals surface area contributed by atoms with Gasteiger partial charge in [-0.3, -0.25) is 9.48 Å². The fourth-order valence-electron chi connectivity index (χ4n) is 1.73. The van der Waals surface area contributed by atoms with Crippen LogP contribution in [-0.2, 0) is 6.54 Å². The van der Waals surface area contributed by atoms with Crippen molar-refractivity contribution in [1.29, 1.82) is 0 Å². The third-order valence-electron chi connectivity index (χ3n) is 2.85. The zero-order chi connectivity index (χ0) is 13.8. The van der Waals surface area contributed by atoms with Crippen molar-refractivity contribution in [1.82, 2.24) is 9.78 Å². The number of aromatic nitrogens is 2. The van der Waals surface area contributed by atoms with Crippen molar-refractivity contribution in [2.75, 3.05) is 0 Å². The highest BCUT2D eigenvalue weighted by Crippen LogP contribution is 2.12. The molecule has 3 nitrogen and oxygen atoms in total. The van der Waals surface area contributed by atoms with Crippen LogP contribution in [-0.4, -0.2) is 15.6 Å². The molecule has 0 aliphatic carbocycles. The standard InChI is InChI=1S/C15H15ClN2O/c1-3-18-10-13(11(2)17-18)6-9-15(19)12-4-7-14(16)8-5-12/h4-10H,3H2,1-2H3/b9-6+. The molecule has 0 bridgehead atoms. The summed E-state index contributed by atoms with van der Waals surface area (Å²) in [7, 11) is 0. The normalized spacial score (nSPS) is 11.1. The molecule has 0 saturated carbocycles. The zero-order valence-electron chi connectivity index (χ0n) is 10.9. The molecule has 0 spiro atoms. The van der Waals surface area contributed by atoms with E-state index >= 15 is 0 Å². The van der Waals surface area contributed by atoms with Gasteiger partial charge in [-0.15, -0.1) is 0 Å². The second-order valence-electron chi connectivity index (χ2n) is 4.23. The molecule has 0 N–H and O–H groups in total. The summed E-state index contributed by atoms with van der Waals surface area (Å²) < 4.78 is 1.85. The highest BCUT2D eigenvalue weighted by atomic mass is 35.5. The SMILES string of the molecule is CCn1cc(/C=C/C(=O)c2ccc(Cl)cc2)c(C)n1. The highest BCUT2D eigenvalue weighted by Gasteiger charge is 2.03. The molecule has 1 heterocycles. The van der Waals surface area contributed by atoms with Crippen LogP contribution in [0.1, 0.15) is 28.5 Å². The minimum atomic E-state index is -0.0414. The highest BCUT2D eigenvalue weighted by molar-refractivity contribution is 6.30. The van der Waals surface area contributed by atoms with Crippen LogP contribution < -0.4 is 0 Å². The van der Waals surface area contributed by atoms with Crippen LogP contribution in [0.15, 0.2) is 36.5 Å². The van der Waals surface area contributed by atoms with Gasteiger partial charge in [-0.1, -0.05) is 11.6 Å². The Kier molecular flexibility index (Phi) is 4.17. The maximum Gasteiger partial charge on any atom is 0.185 e. The van der Waals surface area contributed by atoms with E-state index in [4.69, 9.17) is 11.6 Å². The summed E-state index contributed by atoms with van der Waals surface area (Å²) >= 11 is 5.79. The van der Waals surface area contributed by atoms with Crippen LogP contribution >= 0.6 is 11.6 Å². The van der Waals surface area contributed by atoms with Crippen LogP contribution in [0.25, 0.3) is 6.08 Å². The van der Waals surface area contributed by atoms with Crippen LogP contribution in [0.3, 0.4) is 0 Å². The van der Waals surface area contributed by atoms with E-state index < -0.39 is 0 Å². The first-order valence-corrected chi connectivity index (χ1v) is 6.50. The molecular formula is C15H15ClN2O. The van der Waals surface area contributed by atoms with Crippen molar-refractivity contribution in [3.05, 3.63) is 58.4 Å². The Bertz CT molecular complexity index is 612. The number of aryl methyl sites for hydroxylation is 2. The minimum Gasteiger partial charge on any atom is -0.289 e. The molecule has 0 unspecified atom stereocenters. The molecule has 0 atom stereocenters. The fourth-order valence-corrected chi connectivity index (χ4v) is 1.86. The summed E-state index contributed by atoms with van der Waals surface area (Å²) in [4.78, 5) is 12.0. The summed E-state index contributed by atoms with van der Waals surface area (Å²) in [5.41, 5.74) is 2.51. The molecule has 0 radical (unpaired) electrons. The third kappa shape index (κ3) is 3.32. The lowest BCUT2D eigenvalue weighted by atomic mass is 10.1. The molecule has 1 aromatic carbocycles. The Morgan fingerprint density at radius 1 is 1.37 bits per heavy atom. The van der Waals surface area contributed by atoms with Crippen molar-refractivity contribution in [2.24, 2.45) is 0 Å². The zero-order valence-corrected chi connectivity index (χ0v) is 11.7. The lowest BCUT2D eigenvalue weighted by molar-refractivity contribution is 0.104. The summed E-state index contributed by atoms with van der Waals surface area (Å²) in [6.07, 6.45) is 5.29. The maximum atomic E-state index is 12.0. The number of hydrogen-bond donors (Lipinski definition) is 0. The van der Waals surface area contributed by atoms with Gasteiger partial charge in [0, 0.05) is 28.9 Å². The quantitative estimate of drug-likeness (QED) is 0.628. The first-order chi connectivity index (χ1) is 9.10. The Balaban J connectivity index is 2.15. The van der Waals surface area contributed by atoms with Crippen molar-refractivity contribution >= 4 is 23.5 Å². The van der Waals surface area contributed by atoms with E-state index in [1.54, 1.807) is 36.4 Å². The second kappa shape index (κ2) is 5.85. The van der Waals surface area contributed by atoms with E-state index in [-0.39, 0.29) is 5.78 Å². The predicted octanol–water partition coefficient (Wildman–Crippen LogP) is 3.76. The molecular weight excluding hydrogens is 260 g/mol. The number of hydrogen-bond acceptors (Lipinski definition) is 2. The summed E-state index contributed by atoms with van der Waals surface area (Å²) in [5.74, 6) is -0.0414. The van der Waals surface area contributed by atoms with Crippen LogP contribution in [0.5, 0.6) is 0 Å². The van der Waals surface area contributed by atoms with Crippen LogP contribution in [0, 0.1) is 6.92 Å². The molecule has 2 rings (SSSR count). The molecule has 4 heteroatoms. The van der Waals surface area contributed by atoms with E-state index in [2.05, 4.69) is 5.10 Å². The van der Waals surface area contributed by atoms with Gasteiger partial charge in [-0.2, -0.15) is 5.10 Å². The molecule has 1 aromatic heterocycles. The van der Waals surface area contributed by atoms with Gasteiger partial charge >= 0.3 is 0 Å². The van der Waals surface area contributed by atoms with E-state index in [0.717, 1.165) is 17.8 Å². The van der Waals surface area contributed by atoms with Gasteiger partial charge in [0.2, 0.25) is 0 Å². The summed E-state index contributed by atoms with van der Waals surface area (Å²) in [6, 6.07) is 6.86. The van der Waals surface area contributed by atoms with Gasteiger partial charge in [0.15, 0.2) is 5.78 Å². The molecule has 19 heavy (non-hydrogen) atoms. The lowest BCUT2D eigenvalue weighted by Crippen LogP contribution is -1.93. The van der Waals surface area contributed by atoms with E-state index in [1.807, 2.05) is 24.7 Å². The molecule has 0 fully saturated rings. The Morgan fingerprint density at radius 2 is 2.05 bits per heavy atom. The number of allylic oxidation sites excluding steroid dienone is 1. The van der Waals surface area contributed by atoms with Crippen LogP contribution in [0.2, 0.25) is 5.02 Å². The van der Waals surface area contributed by atoms with E-state index in [9.17, 15) is 4.79 Å². The molecule has 98 valence electrons. The van der Waals surface area contributed by atoms with Crippen molar-refractivity contribution < 1.29 is 4.79 Å². The largest absolute Gasteiger partial charge is 0.289 e. The van der Waals surface area contributed by atoms with Crippen molar-refractivity contribution in [2.45, 2.75) is 20.4 Å². The molecule has 0 saturated heterocycles. The number of halogens is 1. The average molecular weight is 275 g/mol. The summed E-state index contributed by atoms with van der Waals surface area (Å²) in [6.45, 7) is 4.78. The van der Waals surface area contributed by atoms with Gasteiger partial charge < -0.3 is 0 Å². The molecule has 2 aromatic rings. The first-order valence-electron chi connectivity index (χ1n) is 6.12. The number of carbonyl (C=O) groups is 1. The van der Waals surface area contributed by atoms with Gasteiger partial charge in [-0.05, 0) is 50.3 Å². The van der Waals surface area contributed by atoms with Gasteiger partial charge in [0.25, 0.3) is 0 Å². The van der Waals surface area contributed by atoms with Crippen molar-refractivity contribution in [3.8, 4) is 0 Å². The Labute approximate surface area is 117 Å². The third-order valence-corrected chi connectivity index (χ3v) is 3.10. The molecule has 0 aliphatic heterocycles. The van der Waals surface area contributed by atoms with E-state index in [0.29, 0.717) is 10.6 Å². The topological polar surface area (TPSA) is 34.9 Å². The van der Waals surface area contributed by atoms with Crippen molar-refractivity contribution in [3.63, 3.8) is 0 Å². The van der Waals surface area contributed by atoms with E-state index in [1.165, 1.54) is 0 Å². The van der Waals surface area contributed by atoms with Crippen LogP contribution in [0.4, 0.5) is 0 Å². The Morgan fingerprint density at radius 3 is 2.63 bits per heavy atom. The predicted molar refractivity (Wildman–Crippen MR) is 77.5 cm³/mol. The number of rotatable bonds is 4. The average Bonchev–Trinajstić information content (AvgIpc) is 2.77. The number of benzene rings is 1. The van der Waals surface area contributed by atoms with Gasteiger partial charge in [0.1, 0.15) is 0 Å². The maximum absolute atomic E-state index is 12.0. The first kappa shape index (κ1) is 13.6. The number of ketones is 1. The summed E-state index contributed by atoms with van der Waals surface area (Å²) in [5, 5.41) is 4.95. The molecule has 0 aliphatic rings. The monoisotopic (exact) mass is 274 g/mol. The smallest absolute Gasteiger partial charge is 0.185 e. The van der Waals surface area contributed by atoms with Gasteiger partial charge in [0.05, 0.1) is 5.69 Å². The lowest BCUT2D eigenvalue weighted by Gasteiger charge is -1.95.